The number of amides is 1. The molecule has 1 aromatic rings. The highest BCUT2D eigenvalue weighted by molar-refractivity contribution is 6.02. The molecule has 0 radical (unpaired) electrons. The zero-order chi connectivity index (χ0) is 17.5. The van der Waals surface area contributed by atoms with Gasteiger partial charge >= 0.3 is 6.61 Å². The summed E-state index contributed by atoms with van der Waals surface area (Å²) in [7, 11) is 0. The summed E-state index contributed by atoms with van der Waals surface area (Å²) in [6.07, 6.45) is 5.40. The first-order chi connectivity index (χ1) is 11.5. The Morgan fingerprint density at radius 1 is 1.38 bits per heavy atom. The number of alkyl halides is 2. The molecule has 0 aromatic heterocycles. The Balaban J connectivity index is 2.17. The van der Waals surface area contributed by atoms with Gasteiger partial charge in [-0.1, -0.05) is 38.0 Å². The molecule has 1 saturated carbocycles. The second kappa shape index (κ2) is 8.44. The number of benzene rings is 1. The van der Waals surface area contributed by atoms with E-state index in [0.717, 1.165) is 25.7 Å². The minimum Gasteiger partial charge on any atom is -0.434 e. The molecule has 1 N–H and O–H groups in total. The third-order valence-electron chi connectivity index (χ3n) is 4.23. The van der Waals surface area contributed by atoms with Crippen LogP contribution in [0, 0.1) is 17.2 Å². The Morgan fingerprint density at radius 2 is 2.08 bits per heavy atom. The SMILES string of the molecule is C[C@H]1CCCC[C@H]1NC(=O)/C(C#N)=C/c1ccccc1OC(F)F. The maximum absolute atomic E-state index is 12.4. The summed E-state index contributed by atoms with van der Waals surface area (Å²) in [6, 6.07) is 7.94. The summed E-state index contributed by atoms with van der Waals surface area (Å²) in [5, 5.41) is 12.1. The number of hydrogen-bond donors (Lipinski definition) is 1. The molecule has 24 heavy (non-hydrogen) atoms. The van der Waals surface area contributed by atoms with Crippen LogP contribution < -0.4 is 10.1 Å². The van der Waals surface area contributed by atoms with E-state index in [1.165, 1.54) is 18.2 Å². The highest BCUT2D eigenvalue weighted by Crippen LogP contribution is 2.25. The third-order valence-corrected chi connectivity index (χ3v) is 4.23. The van der Waals surface area contributed by atoms with E-state index in [1.807, 2.05) is 6.07 Å². The third kappa shape index (κ3) is 4.79. The zero-order valence-electron chi connectivity index (χ0n) is 13.5. The number of nitrogens with zero attached hydrogens (tertiary/aromatic N) is 1. The van der Waals surface area contributed by atoms with E-state index in [2.05, 4.69) is 17.0 Å². The predicted octanol–water partition coefficient (Wildman–Crippen LogP) is 3.89. The van der Waals surface area contributed by atoms with E-state index in [4.69, 9.17) is 0 Å². The Labute approximate surface area is 140 Å². The highest BCUT2D eigenvalue weighted by atomic mass is 19.3. The van der Waals surface area contributed by atoms with Crippen molar-refractivity contribution < 1.29 is 18.3 Å². The first-order valence-electron chi connectivity index (χ1n) is 7.97. The average molecular weight is 334 g/mol. The van der Waals surface area contributed by atoms with Gasteiger partial charge in [0, 0.05) is 11.6 Å². The molecular weight excluding hydrogens is 314 g/mol. The van der Waals surface area contributed by atoms with Crippen LogP contribution in [0.25, 0.3) is 6.08 Å². The molecule has 128 valence electrons. The van der Waals surface area contributed by atoms with Crippen LogP contribution in [-0.2, 0) is 4.79 Å². The number of para-hydroxylation sites is 1. The molecule has 2 atom stereocenters. The second-order valence-electron chi connectivity index (χ2n) is 5.93. The fourth-order valence-corrected chi connectivity index (χ4v) is 2.88. The minimum atomic E-state index is -2.97. The topological polar surface area (TPSA) is 62.1 Å². The smallest absolute Gasteiger partial charge is 0.387 e. The lowest BCUT2D eigenvalue weighted by Crippen LogP contribution is -2.41. The monoisotopic (exact) mass is 334 g/mol. The fraction of sp³-hybridized carbons (Fsp3) is 0.444. The summed E-state index contributed by atoms with van der Waals surface area (Å²) in [4.78, 5) is 12.3. The molecule has 1 aliphatic carbocycles. The number of carbonyl (C=O) groups excluding carboxylic acids is 1. The van der Waals surface area contributed by atoms with Crippen LogP contribution in [0.15, 0.2) is 29.8 Å². The van der Waals surface area contributed by atoms with Gasteiger partial charge in [0.1, 0.15) is 17.4 Å². The summed E-state index contributed by atoms with van der Waals surface area (Å²) >= 11 is 0. The lowest BCUT2D eigenvalue weighted by molar-refractivity contribution is -0.118. The molecule has 0 unspecified atom stereocenters. The number of rotatable bonds is 5. The van der Waals surface area contributed by atoms with Gasteiger partial charge in [-0.25, -0.2) is 0 Å². The number of nitrogens with one attached hydrogen (secondary N) is 1. The number of carbonyl (C=O) groups is 1. The summed E-state index contributed by atoms with van der Waals surface area (Å²) < 4.78 is 29.3. The van der Waals surface area contributed by atoms with Gasteiger partial charge in [-0.15, -0.1) is 0 Å². The highest BCUT2D eigenvalue weighted by Gasteiger charge is 2.24. The zero-order valence-corrected chi connectivity index (χ0v) is 13.5. The summed E-state index contributed by atoms with van der Waals surface area (Å²) in [5.41, 5.74) is 0.138. The maximum Gasteiger partial charge on any atom is 0.387 e. The largest absolute Gasteiger partial charge is 0.434 e. The van der Waals surface area contributed by atoms with Gasteiger partial charge in [0.2, 0.25) is 0 Å². The molecule has 1 amide bonds. The van der Waals surface area contributed by atoms with Crippen molar-refractivity contribution in [1.29, 1.82) is 5.26 Å². The van der Waals surface area contributed by atoms with Crippen LogP contribution in [0.5, 0.6) is 5.75 Å². The van der Waals surface area contributed by atoms with Crippen LogP contribution in [0.4, 0.5) is 8.78 Å². The molecule has 2 rings (SSSR count). The second-order valence-corrected chi connectivity index (χ2v) is 5.93. The maximum atomic E-state index is 12.4. The standard InChI is InChI=1S/C18H20F2N2O2/c1-12-6-2-4-8-15(12)22-17(23)14(11-21)10-13-7-3-5-9-16(13)24-18(19)20/h3,5,7,9-10,12,15,18H,2,4,6,8H2,1H3,(H,22,23)/b14-10+/t12-,15+/m0/s1. The van der Waals surface area contributed by atoms with Crippen molar-refractivity contribution in [2.24, 2.45) is 5.92 Å². The lowest BCUT2D eigenvalue weighted by atomic mass is 9.86. The van der Waals surface area contributed by atoms with Crippen LogP contribution >= 0.6 is 0 Å². The molecular formula is C18H20F2N2O2. The number of hydrogen-bond acceptors (Lipinski definition) is 3. The molecule has 0 aliphatic heterocycles. The number of halogens is 2. The van der Waals surface area contributed by atoms with Gasteiger partial charge in [0.05, 0.1) is 0 Å². The predicted molar refractivity (Wildman–Crippen MR) is 86.2 cm³/mol. The molecule has 0 spiro atoms. The summed E-state index contributed by atoms with van der Waals surface area (Å²) in [5.74, 6) is -0.195. The normalized spacial score (nSPS) is 21.2. The van der Waals surface area contributed by atoms with Gasteiger partial charge in [0.15, 0.2) is 0 Å². The Hall–Kier alpha value is -2.42. The molecule has 0 bridgehead atoms. The molecule has 4 nitrogen and oxygen atoms in total. The quantitative estimate of drug-likeness (QED) is 0.656. The molecule has 1 aromatic carbocycles. The van der Waals surface area contributed by atoms with Crippen LogP contribution in [-0.4, -0.2) is 18.6 Å². The van der Waals surface area contributed by atoms with Crippen molar-refractivity contribution in [1.82, 2.24) is 5.32 Å². The van der Waals surface area contributed by atoms with E-state index in [9.17, 15) is 18.8 Å². The van der Waals surface area contributed by atoms with E-state index in [0.29, 0.717) is 5.92 Å². The van der Waals surface area contributed by atoms with Gasteiger partial charge in [-0.2, -0.15) is 14.0 Å². The fourth-order valence-electron chi connectivity index (χ4n) is 2.88. The molecule has 6 heteroatoms. The van der Waals surface area contributed by atoms with Crippen molar-refractivity contribution in [2.45, 2.75) is 45.3 Å². The number of ether oxygens (including phenoxy) is 1. The lowest BCUT2D eigenvalue weighted by Gasteiger charge is -2.29. The molecule has 1 aliphatic rings. The van der Waals surface area contributed by atoms with E-state index >= 15 is 0 Å². The average Bonchev–Trinajstić information content (AvgIpc) is 2.55. The van der Waals surface area contributed by atoms with Crippen molar-refractivity contribution >= 4 is 12.0 Å². The Bertz CT molecular complexity index is 653. The minimum absolute atomic E-state index is 0.0376. The van der Waals surface area contributed by atoms with E-state index in [1.54, 1.807) is 12.1 Å². The first kappa shape index (κ1) is 17.9. The molecule has 1 fully saturated rings. The first-order valence-corrected chi connectivity index (χ1v) is 7.97. The Morgan fingerprint density at radius 3 is 2.75 bits per heavy atom. The molecule has 0 saturated heterocycles. The van der Waals surface area contributed by atoms with Gasteiger partial charge in [0.25, 0.3) is 5.91 Å². The van der Waals surface area contributed by atoms with Gasteiger partial charge in [-0.3, -0.25) is 4.79 Å². The van der Waals surface area contributed by atoms with Crippen molar-refractivity contribution in [2.75, 3.05) is 0 Å². The van der Waals surface area contributed by atoms with E-state index < -0.39 is 12.5 Å². The van der Waals surface area contributed by atoms with Gasteiger partial charge < -0.3 is 10.1 Å². The van der Waals surface area contributed by atoms with Crippen LogP contribution in [0.1, 0.15) is 38.2 Å². The Kier molecular flexibility index (Phi) is 6.30. The number of nitriles is 1. The van der Waals surface area contributed by atoms with Crippen LogP contribution in [0.3, 0.4) is 0 Å². The van der Waals surface area contributed by atoms with Crippen LogP contribution in [0.2, 0.25) is 0 Å². The van der Waals surface area contributed by atoms with E-state index in [-0.39, 0.29) is 22.9 Å². The summed E-state index contributed by atoms with van der Waals surface area (Å²) in [6.45, 7) is -0.895. The van der Waals surface area contributed by atoms with Crippen molar-refractivity contribution in [3.8, 4) is 11.8 Å². The van der Waals surface area contributed by atoms with Gasteiger partial charge in [-0.05, 0) is 30.9 Å². The van der Waals surface area contributed by atoms with Crippen molar-refractivity contribution in [3.63, 3.8) is 0 Å². The molecule has 0 heterocycles. The van der Waals surface area contributed by atoms with Crippen molar-refractivity contribution in [3.05, 3.63) is 35.4 Å².